The molecule has 3 rings (SSSR count). The maximum absolute atomic E-state index is 12.3. The summed E-state index contributed by atoms with van der Waals surface area (Å²) in [5, 5.41) is 2.84. The smallest absolute Gasteiger partial charge is 0.324 e. The summed E-state index contributed by atoms with van der Waals surface area (Å²) >= 11 is 1.70. The van der Waals surface area contributed by atoms with Gasteiger partial charge >= 0.3 is 5.97 Å². The van der Waals surface area contributed by atoms with Crippen LogP contribution in [0.25, 0.3) is 0 Å². The highest BCUT2D eigenvalue weighted by molar-refractivity contribution is 7.99. The second-order valence-corrected chi connectivity index (χ2v) is 6.58. The van der Waals surface area contributed by atoms with Crippen LogP contribution in [0, 0.1) is 0 Å². The average Bonchev–Trinajstić information content (AvgIpc) is 3.03. The van der Waals surface area contributed by atoms with E-state index >= 15 is 0 Å². The quantitative estimate of drug-likeness (QED) is 0.801. The molecule has 8 heteroatoms. The Bertz CT molecular complexity index is 624. The van der Waals surface area contributed by atoms with Crippen molar-refractivity contribution in [3.05, 3.63) is 18.2 Å². The van der Waals surface area contributed by atoms with E-state index in [4.69, 9.17) is 14.2 Å². The molecular formula is C16H20N2O5S. The number of ether oxygens (including phenoxy) is 3. The number of amides is 1. The third kappa shape index (κ3) is 3.93. The van der Waals surface area contributed by atoms with Gasteiger partial charge in [0.15, 0.2) is 11.5 Å². The lowest BCUT2D eigenvalue weighted by Crippen LogP contribution is -2.50. The van der Waals surface area contributed by atoms with E-state index in [1.807, 2.05) is 4.90 Å². The van der Waals surface area contributed by atoms with E-state index in [1.165, 1.54) is 0 Å². The second-order valence-electron chi connectivity index (χ2n) is 5.43. The lowest BCUT2D eigenvalue weighted by molar-refractivity contribution is -0.148. The highest BCUT2D eigenvalue weighted by atomic mass is 32.2. The van der Waals surface area contributed by atoms with Crippen molar-refractivity contribution < 1.29 is 23.8 Å². The zero-order chi connectivity index (χ0) is 16.9. The van der Waals surface area contributed by atoms with Crippen LogP contribution in [0.1, 0.15) is 6.92 Å². The molecule has 2 aliphatic rings. The number of nitrogens with zero attached hydrogens (tertiary/aromatic N) is 1. The Morgan fingerprint density at radius 1 is 1.38 bits per heavy atom. The lowest BCUT2D eigenvalue weighted by atomic mass is 10.2. The van der Waals surface area contributed by atoms with Crippen molar-refractivity contribution in [2.75, 3.05) is 43.3 Å². The van der Waals surface area contributed by atoms with Crippen molar-refractivity contribution >= 4 is 29.3 Å². The van der Waals surface area contributed by atoms with Crippen LogP contribution < -0.4 is 14.8 Å². The van der Waals surface area contributed by atoms with E-state index < -0.39 is 0 Å². The summed E-state index contributed by atoms with van der Waals surface area (Å²) in [4.78, 5) is 26.2. The predicted molar refractivity (Wildman–Crippen MR) is 90.5 cm³/mol. The molecule has 2 heterocycles. The van der Waals surface area contributed by atoms with Crippen LogP contribution in [0.4, 0.5) is 5.69 Å². The maximum Gasteiger partial charge on any atom is 0.324 e. The minimum atomic E-state index is -0.369. The number of fused-ring (bicyclic) bond motifs is 1. The van der Waals surface area contributed by atoms with Gasteiger partial charge in [-0.1, -0.05) is 0 Å². The van der Waals surface area contributed by atoms with Crippen LogP contribution in [-0.4, -0.2) is 60.8 Å². The van der Waals surface area contributed by atoms with Gasteiger partial charge in [-0.3, -0.25) is 14.5 Å². The summed E-state index contributed by atoms with van der Waals surface area (Å²) in [7, 11) is 0. The third-order valence-corrected chi connectivity index (χ3v) is 4.82. The minimum Gasteiger partial charge on any atom is -0.465 e. The summed E-state index contributed by atoms with van der Waals surface area (Å²) in [6, 6.07) is 4.89. The van der Waals surface area contributed by atoms with E-state index in [2.05, 4.69) is 5.32 Å². The zero-order valence-electron chi connectivity index (χ0n) is 13.4. The number of esters is 1. The lowest BCUT2D eigenvalue weighted by Gasteiger charge is -2.32. The molecule has 1 saturated heterocycles. The molecule has 1 fully saturated rings. The summed E-state index contributed by atoms with van der Waals surface area (Å²) in [5.41, 5.74) is 0.642. The Kier molecular flexibility index (Phi) is 5.47. The molecule has 1 unspecified atom stereocenters. The van der Waals surface area contributed by atoms with Crippen molar-refractivity contribution in [3.8, 4) is 11.5 Å². The molecule has 1 N–H and O–H groups in total. The summed E-state index contributed by atoms with van der Waals surface area (Å²) in [6.07, 6.45) is 0. The highest BCUT2D eigenvalue weighted by Gasteiger charge is 2.31. The van der Waals surface area contributed by atoms with E-state index in [1.54, 1.807) is 36.9 Å². The second kappa shape index (κ2) is 7.76. The maximum atomic E-state index is 12.3. The molecule has 1 amide bonds. The van der Waals surface area contributed by atoms with Gasteiger partial charge in [-0.2, -0.15) is 11.8 Å². The average molecular weight is 352 g/mol. The number of rotatable bonds is 5. The van der Waals surface area contributed by atoms with Crippen molar-refractivity contribution in [2.45, 2.75) is 13.0 Å². The van der Waals surface area contributed by atoms with Gasteiger partial charge in [0.05, 0.1) is 13.2 Å². The molecule has 2 aliphatic heterocycles. The summed E-state index contributed by atoms with van der Waals surface area (Å²) in [5.74, 6) is 2.40. The molecule has 1 aromatic rings. The normalized spacial score (nSPS) is 19.8. The molecule has 1 aromatic carbocycles. The van der Waals surface area contributed by atoms with Crippen LogP contribution in [0.3, 0.4) is 0 Å². The monoisotopic (exact) mass is 352 g/mol. The van der Waals surface area contributed by atoms with Gasteiger partial charge in [0, 0.05) is 29.8 Å². The van der Waals surface area contributed by atoms with Gasteiger partial charge in [-0.15, -0.1) is 0 Å². The van der Waals surface area contributed by atoms with Gasteiger partial charge < -0.3 is 19.5 Å². The van der Waals surface area contributed by atoms with Crippen LogP contribution in [0.5, 0.6) is 11.5 Å². The fourth-order valence-electron chi connectivity index (χ4n) is 2.64. The molecule has 0 radical (unpaired) electrons. The molecule has 0 bridgehead atoms. The Balaban J connectivity index is 1.59. The fraction of sp³-hybridized carbons (Fsp3) is 0.500. The number of nitrogens with one attached hydrogen (secondary N) is 1. The van der Waals surface area contributed by atoms with E-state index in [0.29, 0.717) is 36.1 Å². The number of hydrogen-bond acceptors (Lipinski definition) is 7. The number of hydrogen-bond donors (Lipinski definition) is 1. The van der Waals surface area contributed by atoms with Crippen LogP contribution in [-0.2, 0) is 14.3 Å². The van der Waals surface area contributed by atoms with E-state index in [0.717, 1.165) is 5.75 Å². The largest absolute Gasteiger partial charge is 0.465 e. The number of benzene rings is 1. The number of carbonyl (C=O) groups excluding carboxylic acids is 2. The van der Waals surface area contributed by atoms with Crippen molar-refractivity contribution in [1.29, 1.82) is 0 Å². The molecule has 0 aliphatic carbocycles. The Morgan fingerprint density at radius 2 is 2.21 bits per heavy atom. The molecule has 24 heavy (non-hydrogen) atoms. The van der Waals surface area contributed by atoms with Gasteiger partial charge in [-0.05, 0) is 19.1 Å². The van der Waals surface area contributed by atoms with E-state index in [-0.39, 0.29) is 31.3 Å². The SMILES string of the molecule is CCOC(=O)C1CSCCN1CC(=O)Nc1ccc2c(c1)OCO2. The molecule has 7 nitrogen and oxygen atoms in total. The standard InChI is InChI=1S/C16H20N2O5S/c1-2-21-16(20)12-9-24-6-5-18(12)8-15(19)17-11-3-4-13-14(7-11)23-10-22-13/h3-4,7,12H,2,5-6,8-10H2,1H3,(H,17,19). The zero-order valence-corrected chi connectivity index (χ0v) is 14.3. The molecule has 1 atom stereocenters. The van der Waals surface area contributed by atoms with Crippen molar-refractivity contribution in [3.63, 3.8) is 0 Å². The fourth-order valence-corrected chi connectivity index (χ4v) is 3.74. The van der Waals surface area contributed by atoms with Gasteiger partial charge in [-0.25, -0.2) is 0 Å². The third-order valence-electron chi connectivity index (χ3n) is 3.80. The van der Waals surface area contributed by atoms with Crippen LogP contribution in [0.2, 0.25) is 0 Å². The molecule has 0 spiro atoms. The highest BCUT2D eigenvalue weighted by Crippen LogP contribution is 2.34. The minimum absolute atomic E-state index is 0.151. The first-order valence-electron chi connectivity index (χ1n) is 7.85. The van der Waals surface area contributed by atoms with Gasteiger partial charge in [0.1, 0.15) is 6.04 Å². The first-order valence-corrected chi connectivity index (χ1v) is 9.00. The Morgan fingerprint density at radius 3 is 3.04 bits per heavy atom. The Hall–Kier alpha value is -1.93. The predicted octanol–water partition coefficient (Wildman–Crippen LogP) is 1.33. The topological polar surface area (TPSA) is 77.1 Å². The van der Waals surface area contributed by atoms with Crippen molar-refractivity contribution in [1.82, 2.24) is 4.90 Å². The Labute approximate surface area is 144 Å². The molecule has 130 valence electrons. The van der Waals surface area contributed by atoms with Gasteiger partial charge in [0.25, 0.3) is 0 Å². The number of thioether (sulfide) groups is 1. The molecule has 0 aromatic heterocycles. The first-order chi connectivity index (χ1) is 11.7. The van der Waals surface area contributed by atoms with Crippen LogP contribution in [0.15, 0.2) is 18.2 Å². The summed E-state index contributed by atoms with van der Waals surface area (Å²) < 4.78 is 15.7. The first kappa shape index (κ1) is 16.9. The van der Waals surface area contributed by atoms with Gasteiger partial charge in [0.2, 0.25) is 12.7 Å². The molecular weight excluding hydrogens is 332 g/mol. The van der Waals surface area contributed by atoms with E-state index in [9.17, 15) is 9.59 Å². The number of anilines is 1. The summed E-state index contributed by atoms with van der Waals surface area (Å²) in [6.45, 7) is 3.16. The van der Waals surface area contributed by atoms with Crippen LogP contribution >= 0.6 is 11.8 Å². The number of carbonyl (C=O) groups is 2. The molecule has 0 saturated carbocycles. The van der Waals surface area contributed by atoms with Crippen molar-refractivity contribution in [2.24, 2.45) is 0 Å².